The van der Waals surface area contributed by atoms with Gasteiger partial charge in [-0.25, -0.2) is 0 Å². The minimum Gasteiger partial charge on any atom is -0.494 e. The van der Waals surface area contributed by atoms with Gasteiger partial charge in [-0.1, -0.05) is 0 Å². The Morgan fingerprint density at radius 2 is 1.81 bits per heavy atom. The highest BCUT2D eigenvalue weighted by molar-refractivity contribution is 6.61. The van der Waals surface area contributed by atoms with Gasteiger partial charge in [-0.3, -0.25) is 14.8 Å². The van der Waals surface area contributed by atoms with E-state index in [0.29, 0.717) is 18.9 Å². The number of aryl methyl sites for hydroxylation is 1. The van der Waals surface area contributed by atoms with Gasteiger partial charge >= 0.3 is 7.12 Å². The lowest BCUT2D eigenvalue weighted by molar-refractivity contribution is -0.384. The van der Waals surface area contributed by atoms with Crippen LogP contribution in [0.15, 0.2) is 36.7 Å². The Hall–Kier alpha value is -2.39. The average molecular weight is 373 g/mol. The van der Waals surface area contributed by atoms with Gasteiger partial charge in [-0.15, -0.1) is 0 Å². The molecular weight excluding hydrogens is 349 g/mol. The molecule has 1 fully saturated rings. The maximum absolute atomic E-state index is 10.6. The molecule has 9 heteroatoms. The van der Waals surface area contributed by atoms with Gasteiger partial charge in [0.15, 0.2) is 0 Å². The molecule has 2 heterocycles. The molecule has 1 aliphatic rings. The quantitative estimate of drug-likeness (QED) is 0.321. The Labute approximate surface area is 158 Å². The van der Waals surface area contributed by atoms with E-state index in [4.69, 9.17) is 14.0 Å². The largest absolute Gasteiger partial charge is 0.498 e. The first kappa shape index (κ1) is 19.4. The van der Waals surface area contributed by atoms with Gasteiger partial charge in [0.25, 0.3) is 5.69 Å². The molecule has 144 valence electrons. The van der Waals surface area contributed by atoms with Crippen molar-refractivity contribution in [3.05, 3.63) is 46.8 Å². The van der Waals surface area contributed by atoms with Crippen molar-refractivity contribution >= 4 is 18.3 Å². The second-order valence-corrected chi connectivity index (χ2v) is 7.58. The molecule has 1 aromatic carbocycles. The second kappa shape index (κ2) is 7.32. The molecule has 0 bridgehead atoms. The number of aromatic nitrogens is 2. The van der Waals surface area contributed by atoms with Crippen LogP contribution in [-0.2, 0) is 15.9 Å². The summed E-state index contributed by atoms with van der Waals surface area (Å²) in [6.07, 6.45) is 4.44. The van der Waals surface area contributed by atoms with Crippen LogP contribution >= 0.6 is 0 Å². The van der Waals surface area contributed by atoms with Gasteiger partial charge in [0.05, 0.1) is 22.7 Å². The fourth-order valence-corrected chi connectivity index (χ4v) is 2.68. The van der Waals surface area contributed by atoms with Crippen molar-refractivity contribution < 1.29 is 19.0 Å². The molecule has 0 saturated carbocycles. The highest BCUT2D eigenvalue weighted by Crippen LogP contribution is 2.36. The van der Waals surface area contributed by atoms with Crippen molar-refractivity contribution in [1.82, 2.24) is 9.78 Å². The molecule has 0 spiro atoms. The molecule has 0 aliphatic carbocycles. The summed E-state index contributed by atoms with van der Waals surface area (Å²) < 4.78 is 19.5. The molecule has 0 N–H and O–H groups in total. The Balaban J connectivity index is 1.47. The highest BCUT2D eigenvalue weighted by atomic mass is 16.7. The zero-order valence-corrected chi connectivity index (χ0v) is 16.0. The molecule has 0 atom stereocenters. The number of benzene rings is 1. The fraction of sp³-hybridized carbons (Fsp3) is 0.500. The molecule has 3 rings (SSSR count). The van der Waals surface area contributed by atoms with E-state index in [1.54, 1.807) is 18.3 Å². The molecule has 8 nitrogen and oxygen atoms in total. The summed E-state index contributed by atoms with van der Waals surface area (Å²) >= 11 is 0. The van der Waals surface area contributed by atoms with E-state index in [1.807, 2.05) is 38.6 Å². The molecular formula is C18H24BN3O5. The average Bonchev–Trinajstić information content (AvgIpc) is 3.14. The van der Waals surface area contributed by atoms with Crippen LogP contribution in [0.2, 0.25) is 0 Å². The summed E-state index contributed by atoms with van der Waals surface area (Å²) in [5, 5.41) is 15.0. The first-order valence-electron chi connectivity index (χ1n) is 8.93. The Morgan fingerprint density at radius 1 is 1.19 bits per heavy atom. The summed E-state index contributed by atoms with van der Waals surface area (Å²) in [4.78, 5) is 10.2. The van der Waals surface area contributed by atoms with E-state index in [-0.39, 0.29) is 16.9 Å². The third-order valence-corrected chi connectivity index (χ3v) is 5.03. The summed E-state index contributed by atoms with van der Waals surface area (Å²) in [6.45, 7) is 9.26. The van der Waals surface area contributed by atoms with E-state index < -0.39 is 12.0 Å². The van der Waals surface area contributed by atoms with Crippen molar-refractivity contribution in [2.75, 3.05) is 6.61 Å². The highest BCUT2D eigenvalue weighted by Gasteiger charge is 2.52. The van der Waals surface area contributed by atoms with Crippen molar-refractivity contribution in [1.29, 1.82) is 0 Å². The summed E-state index contributed by atoms with van der Waals surface area (Å²) in [6, 6.07) is 6.06. The number of nitro groups is 1. The number of nitro benzene ring substituents is 1. The standard InChI is InChI=1S/C18H24BN3O5/c1-17(2)18(3,4)27-19(26-17)14-12-20-21(13-14)10-5-11-25-16-8-6-15(7-9-16)22(23)24/h6-9,12-13H,5,10-11H2,1-4H3. The predicted octanol–water partition coefficient (Wildman–Crippen LogP) is 2.56. The lowest BCUT2D eigenvalue weighted by atomic mass is 9.82. The summed E-state index contributed by atoms with van der Waals surface area (Å²) in [5.74, 6) is 0.610. The van der Waals surface area contributed by atoms with E-state index in [2.05, 4.69) is 5.10 Å². The van der Waals surface area contributed by atoms with Gasteiger partial charge in [-0.05, 0) is 39.8 Å². The number of ether oxygens (including phenoxy) is 1. The van der Waals surface area contributed by atoms with Gasteiger partial charge in [0.1, 0.15) is 5.75 Å². The Kier molecular flexibility index (Phi) is 5.25. The number of rotatable bonds is 7. The third kappa shape index (κ3) is 4.31. The van der Waals surface area contributed by atoms with Crippen LogP contribution in [0.3, 0.4) is 0 Å². The minimum atomic E-state index is -0.431. The van der Waals surface area contributed by atoms with Crippen LogP contribution in [0.4, 0.5) is 5.69 Å². The number of hydrogen-bond donors (Lipinski definition) is 0. The van der Waals surface area contributed by atoms with Crippen LogP contribution < -0.4 is 10.2 Å². The predicted molar refractivity (Wildman–Crippen MR) is 101 cm³/mol. The van der Waals surface area contributed by atoms with Gasteiger partial charge in [0, 0.05) is 43.0 Å². The number of nitrogens with zero attached hydrogens (tertiary/aromatic N) is 3. The summed E-state index contributed by atoms with van der Waals surface area (Å²) in [5.41, 5.74) is 0.190. The number of non-ortho nitro benzene ring substituents is 1. The molecule has 27 heavy (non-hydrogen) atoms. The van der Waals surface area contributed by atoms with Gasteiger partial charge in [-0.2, -0.15) is 5.10 Å². The minimum absolute atomic E-state index is 0.0501. The second-order valence-electron chi connectivity index (χ2n) is 7.58. The first-order chi connectivity index (χ1) is 12.7. The SMILES string of the molecule is CC1(C)OB(c2cnn(CCCOc3ccc([N+](=O)[O-])cc3)c2)OC1(C)C. The zero-order valence-electron chi connectivity index (χ0n) is 16.0. The van der Waals surface area contributed by atoms with E-state index >= 15 is 0 Å². The third-order valence-electron chi connectivity index (χ3n) is 5.03. The van der Waals surface area contributed by atoms with Crippen LogP contribution in [0.5, 0.6) is 5.75 Å². The molecule has 0 unspecified atom stereocenters. The van der Waals surface area contributed by atoms with E-state index in [9.17, 15) is 10.1 Å². The van der Waals surface area contributed by atoms with Gasteiger partial charge < -0.3 is 14.0 Å². The van der Waals surface area contributed by atoms with Crippen LogP contribution in [-0.4, -0.2) is 39.6 Å². The monoisotopic (exact) mass is 373 g/mol. The van der Waals surface area contributed by atoms with Crippen LogP contribution in [0.1, 0.15) is 34.1 Å². The molecule has 1 saturated heterocycles. The number of hydrogen-bond acceptors (Lipinski definition) is 6. The Bertz CT molecular complexity index is 788. The lowest BCUT2D eigenvalue weighted by Gasteiger charge is -2.32. The zero-order chi connectivity index (χ0) is 19.7. The van der Waals surface area contributed by atoms with Crippen LogP contribution in [0.25, 0.3) is 0 Å². The fourth-order valence-electron chi connectivity index (χ4n) is 2.68. The molecule has 1 aromatic heterocycles. The topological polar surface area (TPSA) is 88.7 Å². The molecule has 1 aliphatic heterocycles. The molecule has 0 amide bonds. The maximum Gasteiger partial charge on any atom is 0.498 e. The normalized spacial score (nSPS) is 17.9. The Morgan fingerprint density at radius 3 is 2.41 bits per heavy atom. The van der Waals surface area contributed by atoms with Crippen molar-refractivity contribution in [3.8, 4) is 5.75 Å². The van der Waals surface area contributed by atoms with Crippen LogP contribution in [0, 0.1) is 10.1 Å². The van der Waals surface area contributed by atoms with Crippen molar-refractivity contribution in [2.45, 2.75) is 51.9 Å². The maximum atomic E-state index is 10.6. The van der Waals surface area contributed by atoms with Gasteiger partial charge in [0.2, 0.25) is 0 Å². The molecule has 2 aromatic rings. The summed E-state index contributed by atoms with van der Waals surface area (Å²) in [7, 11) is -0.417. The van der Waals surface area contributed by atoms with E-state index in [0.717, 1.165) is 11.9 Å². The lowest BCUT2D eigenvalue weighted by Crippen LogP contribution is -2.41. The van der Waals surface area contributed by atoms with Crippen molar-refractivity contribution in [3.63, 3.8) is 0 Å². The van der Waals surface area contributed by atoms with Crippen molar-refractivity contribution in [2.24, 2.45) is 0 Å². The van der Waals surface area contributed by atoms with E-state index in [1.165, 1.54) is 12.1 Å². The smallest absolute Gasteiger partial charge is 0.494 e. The first-order valence-corrected chi connectivity index (χ1v) is 8.93. The molecule has 0 radical (unpaired) electrons.